The Morgan fingerprint density at radius 3 is 2.76 bits per heavy atom. The zero-order valence-electron chi connectivity index (χ0n) is 11.7. The largest absolute Gasteiger partial charge is 0.376 e. The summed E-state index contributed by atoms with van der Waals surface area (Å²) in [6.45, 7) is 4.11. The van der Waals surface area contributed by atoms with Crippen molar-refractivity contribution in [1.29, 1.82) is 0 Å². The fraction of sp³-hybridized carbons (Fsp3) is 0.200. The molecule has 1 unspecified atom stereocenters. The molecule has 1 atom stereocenters. The molecule has 0 spiro atoms. The molecule has 3 heterocycles. The van der Waals surface area contributed by atoms with E-state index in [1.54, 1.807) is 17.5 Å². The van der Waals surface area contributed by atoms with Crippen molar-refractivity contribution in [3.8, 4) is 5.82 Å². The number of rotatable bonds is 4. The first-order valence-electron chi connectivity index (χ1n) is 6.60. The lowest BCUT2D eigenvalue weighted by atomic mass is 10.2. The van der Waals surface area contributed by atoms with E-state index < -0.39 is 0 Å². The Balaban J connectivity index is 1.74. The summed E-state index contributed by atoms with van der Waals surface area (Å²) in [7, 11) is 0. The number of thiophene rings is 1. The first-order chi connectivity index (χ1) is 10.1. The zero-order chi connectivity index (χ0) is 14.8. The summed E-state index contributed by atoms with van der Waals surface area (Å²) in [6.07, 6.45) is 5.55. The Morgan fingerprint density at radius 2 is 2.19 bits per heavy atom. The molecule has 3 aromatic heterocycles. The van der Waals surface area contributed by atoms with Crippen molar-refractivity contribution < 1.29 is 0 Å². The molecule has 108 valence electrons. The van der Waals surface area contributed by atoms with Gasteiger partial charge in [-0.25, -0.2) is 9.97 Å². The predicted octanol–water partition coefficient (Wildman–Crippen LogP) is 4.57. The van der Waals surface area contributed by atoms with E-state index in [1.165, 1.54) is 4.88 Å². The van der Waals surface area contributed by atoms with Gasteiger partial charge in [0, 0.05) is 27.1 Å². The average molecular weight is 363 g/mol. The normalized spacial score (nSPS) is 12.3. The van der Waals surface area contributed by atoms with E-state index in [-0.39, 0.29) is 6.04 Å². The molecule has 6 heteroatoms. The lowest BCUT2D eigenvalue weighted by Gasteiger charge is -2.14. The van der Waals surface area contributed by atoms with E-state index in [4.69, 9.17) is 0 Å². The summed E-state index contributed by atoms with van der Waals surface area (Å²) < 4.78 is 3.09. The van der Waals surface area contributed by atoms with Gasteiger partial charge in [-0.1, -0.05) is 0 Å². The zero-order valence-corrected chi connectivity index (χ0v) is 14.1. The number of nitrogens with one attached hydrogen (secondary N) is 1. The van der Waals surface area contributed by atoms with E-state index in [1.807, 2.05) is 36.0 Å². The molecule has 0 radical (unpaired) electrons. The van der Waals surface area contributed by atoms with Crippen LogP contribution in [0.3, 0.4) is 0 Å². The summed E-state index contributed by atoms with van der Waals surface area (Å²) in [5, 5.41) is 5.55. The van der Waals surface area contributed by atoms with Gasteiger partial charge >= 0.3 is 0 Å². The molecule has 0 saturated heterocycles. The van der Waals surface area contributed by atoms with Crippen molar-refractivity contribution in [2.24, 2.45) is 0 Å². The summed E-state index contributed by atoms with van der Waals surface area (Å²) in [4.78, 5) is 9.99. The van der Waals surface area contributed by atoms with Gasteiger partial charge in [-0.2, -0.15) is 0 Å². The molecular formula is C15H15BrN4S. The van der Waals surface area contributed by atoms with Gasteiger partial charge in [0.2, 0.25) is 0 Å². The van der Waals surface area contributed by atoms with Gasteiger partial charge in [-0.3, -0.25) is 4.57 Å². The number of halogens is 1. The van der Waals surface area contributed by atoms with Crippen LogP contribution in [-0.4, -0.2) is 14.5 Å². The molecule has 3 rings (SSSR count). The molecule has 0 aromatic carbocycles. The van der Waals surface area contributed by atoms with Gasteiger partial charge < -0.3 is 5.32 Å². The third kappa shape index (κ3) is 3.16. The highest BCUT2D eigenvalue weighted by molar-refractivity contribution is 9.10. The molecule has 0 bridgehead atoms. The maximum atomic E-state index is 4.49. The Hall–Kier alpha value is -1.66. The van der Waals surface area contributed by atoms with Crippen molar-refractivity contribution >= 4 is 33.0 Å². The summed E-state index contributed by atoms with van der Waals surface area (Å²) in [6, 6.07) is 6.43. The summed E-state index contributed by atoms with van der Waals surface area (Å²) in [5.41, 5.74) is 1.01. The van der Waals surface area contributed by atoms with Crippen molar-refractivity contribution in [2.75, 3.05) is 5.32 Å². The molecule has 1 N–H and O–H groups in total. The third-order valence-corrected chi connectivity index (χ3v) is 5.09. The number of aromatic nitrogens is 3. The van der Waals surface area contributed by atoms with Crippen LogP contribution in [0.15, 0.2) is 46.6 Å². The van der Waals surface area contributed by atoms with Crippen LogP contribution >= 0.6 is 27.3 Å². The van der Waals surface area contributed by atoms with Crippen LogP contribution in [-0.2, 0) is 0 Å². The quantitative estimate of drug-likeness (QED) is 0.738. The Kier molecular flexibility index (Phi) is 4.07. The summed E-state index contributed by atoms with van der Waals surface area (Å²) >= 11 is 5.22. The van der Waals surface area contributed by atoms with Crippen LogP contribution in [0.2, 0.25) is 0 Å². The van der Waals surface area contributed by atoms with E-state index >= 15 is 0 Å². The Morgan fingerprint density at radius 1 is 1.33 bits per heavy atom. The van der Waals surface area contributed by atoms with Crippen molar-refractivity contribution in [3.05, 3.63) is 57.3 Å². The second-order valence-electron chi connectivity index (χ2n) is 4.78. The number of anilines is 1. The predicted molar refractivity (Wildman–Crippen MR) is 90.2 cm³/mol. The monoisotopic (exact) mass is 362 g/mol. The highest BCUT2D eigenvalue weighted by Gasteiger charge is 2.08. The highest BCUT2D eigenvalue weighted by atomic mass is 79.9. The third-order valence-electron chi connectivity index (χ3n) is 3.22. The minimum Gasteiger partial charge on any atom is -0.376 e. The second-order valence-corrected chi connectivity index (χ2v) is 6.64. The van der Waals surface area contributed by atoms with Gasteiger partial charge in [0.25, 0.3) is 0 Å². The highest BCUT2D eigenvalue weighted by Crippen LogP contribution is 2.27. The van der Waals surface area contributed by atoms with E-state index in [0.717, 1.165) is 21.8 Å². The van der Waals surface area contributed by atoms with Gasteiger partial charge in [-0.05, 0) is 48.0 Å². The van der Waals surface area contributed by atoms with Gasteiger partial charge in [-0.15, -0.1) is 11.3 Å². The number of pyridine rings is 1. The minimum absolute atomic E-state index is 0.254. The molecule has 0 amide bonds. The standard InChI is InChI=1S/C15H15BrN4S/c1-10(14-7-12(16)9-21-14)19-13-3-4-15(18-8-13)20-6-5-17-11(20)2/h3-10,19H,1-2H3. The molecule has 21 heavy (non-hydrogen) atoms. The first kappa shape index (κ1) is 14.3. The molecular weight excluding hydrogens is 348 g/mol. The Labute approximate surface area is 136 Å². The van der Waals surface area contributed by atoms with Gasteiger partial charge in [0.15, 0.2) is 0 Å². The molecule has 4 nitrogen and oxygen atoms in total. The fourth-order valence-electron chi connectivity index (χ4n) is 2.11. The molecule has 0 saturated carbocycles. The van der Waals surface area contributed by atoms with Crippen molar-refractivity contribution in [2.45, 2.75) is 19.9 Å². The smallest absolute Gasteiger partial charge is 0.138 e. The number of aryl methyl sites for hydroxylation is 1. The van der Waals surface area contributed by atoms with Crippen LogP contribution in [0.5, 0.6) is 0 Å². The molecule has 0 fully saturated rings. The van der Waals surface area contributed by atoms with E-state index in [9.17, 15) is 0 Å². The maximum Gasteiger partial charge on any atom is 0.138 e. The Bertz CT molecular complexity index is 732. The lowest BCUT2D eigenvalue weighted by Crippen LogP contribution is -2.06. The van der Waals surface area contributed by atoms with Crippen LogP contribution in [0.4, 0.5) is 5.69 Å². The lowest BCUT2D eigenvalue weighted by molar-refractivity contribution is 0.898. The maximum absolute atomic E-state index is 4.49. The minimum atomic E-state index is 0.254. The van der Waals surface area contributed by atoms with Gasteiger partial charge in [0.05, 0.1) is 17.9 Å². The van der Waals surface area contributed by atoms with Crippen LogP contribution in [0.25, 0.3) is 5.82 Å². The van der Waals surface area contributed by atoms with Crippen LogP contribution in [0.1, 0.15) is 23.7 Å². The number of nitrogens with zero attached hydrogens (tertiary/aromatic N) is 3. The number of imidazole rings is 1. The second kappa shape index (κ2) is 5.99. The SMILES string of the molecule is Cc1nccn1-c1ccc(NC(C)c2cc(Br)cs2)cn1. The molecule has 3 aromatic rings. The fourth-order valence-corrected chi connectivity index (χ4v) is 3.56. The van der Waals surface area contributed by atoms with E-state index in [2.05, 4.69) is 49.6 Å². The topological polar surface area (TPSA) is 42.7 Å². The number of hydrogen-bond donors (Lipinski definition) is 1. The molecule has 0 aliphatic carbocycles. The number of hydrogen-bond acceptors (Lipinski definition) is 4. The van der Waals surface area contributed by atoms with Crippen LogP contribution in [0, 0.1) is 6.92 Å². The average Bonchev–Trinajstić information content (AvgIpc) is 3.08. The molecule has 0 aliphatic heterocycles. The van der Waals surface area contributed by atoms with E-state index in [0.29, 0.717) is 0 Å². The first-order valence-corrected chi connectivity index (χ1v) is 8.27. The molecule has 0 aliphatic rings. The van der Waals surface area contributed by atoms with Crippen molar-refractivity contribution in [1.82, 2.24) is 14.5 Å². The van der Waals surface area contributed by atoms with Gasteiger partial charge in [0.1, 0.15) is 11.6 Å². The van der Waals surface area contributed by atoms with Crippen molar-refractivity contribution in [3.63, 3.8) is 0 Å². The van der Waals surface area contributed by atoms with Crippen LogP contribution < -0.4 is 5.32 Å². The summed E-state index contributed by atoms with van der Waals surface area (Å²) in [5.74, 6) is 1.81.